The summed E-state index contributed by atoms with van der Waals surface area (Å²) in [6, 6.07) is 56.2. The largest absolute Gasteiger partial charge is 0.495 e. The van der Waals surface area contributed by atoms with E-state index in [0.717, 1.165) is 50.8 Å². The Morgan fingerprint density at radius 2 is 0.727 bits per heavy atom. The van der Waals surface area contributed by atoms with Crippen LogP contribution in [0.2, 0.25) is 0 Å². The lowest BCUT2D eigenvalue weighted by Gasteiger charge is -2.28. The third-order valence-corrected chi connectivity index (χ3v) is 10.0. The van der Waals surface area contributed by atoms with E-state index in [9.17, 15) is 0 Å². The van der Waals surface area contributed by atoms with Crippen LogP contribution < -0.4 is 14.5 Å². The van der Waals surface area contributed by atoms with Crippen molar-refractivity contribution >= 4 is 58.4 Å². The van der Waals surface area contributed by atoms with Gasteiger partial charge in [-0.25, -0.2) is 0 Å². The first-order chi connectivity index (χ1) is 26.8. The van der Waals surface area contributed by atoms with Gasteiger partial charge >= 0.3 is 0 Å². The van der Waals surface area contributed by atoms with Gasteiger partial charge in [0.25, 0.3) is 0 Å². The van der Waals surface area contributed by atoms with Crippen LogP contribution in [-0.2, 0) is 0 Å². The van der Waals surface area contributed by atoms with Crippen molar-refractivity contribution in [2.45, 2.75) is 34.6 Å². The normalized spacial score (nSPS) is 11.3. The van der Waals surface area contributed by atoms with Crippen molar-refractivity contribution in [2.75, 3.05) is 16.9 Å². The molecular weight excluding hydrogens is 669 g/mol. The van der Waals surface area contributed by atoms with Gasteiger partial charge in [0.2, 0.25) is 0 Å². The number of aryl methyl sites for hydroxylation is 5. The van der Waals surface area contributed by atoms with Gasteiger partial charge in [0.1, 0.15) is 5.75 Å². The molecule has 272 valence electrons. The highest BCUT2D eigenvalue weighted by molar-refractivity contribution is 5.84. The number of rotatable bonds is 11. The first kappa shape index (κ1) is 36.8. The van der Waals surface area contributed by atoms with Crippen LogP contribution in [-0.4, -0.2) is 7.11 Å². The first-order valence-corrected chi connectivity index (χ1v) is 18.9. The van der Waals surface area contributed by atoms with Crippen molar-refractivity contribution in [1.82, 2.24) is 0 Å². The first-order valence-electron chi connectivity index (χ1n) is 18.9. The van der Waals surface area contributed by atoms with Crippen molar-refractivity contribution in [1.29, 1.82) is 0 Å². The van der Waals surface area contributed by atoms with Gasteiger partial charge < -0.3 is 14.5 Å². The van der Waals surface area contributed by atoms with E-state index in [1.807, 2.05) is 12.1 Å². The summed E-state index contributed by atoms with van der Waals surface area (Å²) < 4.78 is 5.78. The maximum absolute atomic E-state index is 5.78. The molecule has 0 aliphatic carbocycles. The summed E-state index contributed by atoms with van der Waals surface area (Å²) in [5.74, 6) is 0.830. The minimum Gasteiger partial charge on any atom is -0.495 e. The molecule has 7 rings (SSSR count). The maximum Gasteiger partial charge on any atom is 0.142 e. The fourth-order valence-corrected chi connectivity index (χ4v) is 7.13. The third-order valence-electron chi connectivity index (χ3n) is 10.0. The summed E-state index contributed by atoms with van der Waals surface area (Å²) in [4.78, 5) is 4.63. The number of nitrogens with zero attached hydrogens (tertiary/aromatic N) is 2. The molecule has 0 N–H and O–H groups in total. The number of anilines is 6. The molecular formula is C52H48N2O. The van der Waals surface area contributed by atoms with Crippen LogP contribution >= 0.6 is 0 Å². The van der Waals surface area contributed by atoms with Gasteiger partial charge in [-0.15, -0.1) is 0 Å². The molecule has 3 heteroatoms. The SMILES string of the molecule is COc1ccccc1N(c1ccc(C=Cc2ccc(C=Cc3ccc(N(c4ccccc4C)c4ccc(C)cc4C)cc3)cc2)cc1)c1ccc(C)cc1C. The van der Waals surface area contributed by atoms with Crippen molar-refractivity contribution in [3.8, 4) is 5.75 Å². The van der Waals surface area contributed by atoms with E-state index in [1.54, 1.807) is 7.11 Å². The summed E-state index contributed by atoms with van der Waals surface area (Å²) in [6.45, 7) is 10.8. The Kier molecular flexibility index (Phi) is 11.1. The van der Waals surface area contributed by atoms with E-state index in [2.05, 4.69) is 214 Å². The molecule has 0 atom stereocenters. The molecule has 0 fully saturated rings. The van der Waals surface area contributed by atoms with E-state index >= 15 is 0 Å². The number of para-hydroxylation sites is 3. The highest BCUT2D eigenvalue weighted by Crippen LogP contribution is 2.42. The second-order valence-electron chi connectivity index (χ2n) is 14.2. The fourth-order valence-electron chi connectivity index (χ4n) is 7.13. The lowest BCUT2D eigenvalue weighted by Crippen LogP contribution is -2.12. The van der Waals surface area contributed by atoms with Crippen LogP contribution in [0.3, 0.4) is 0 Å². The summed E-state index contributed by atoms with van der Waals surface area (Å²) >= 11 is 0. The number of methoxy groups -OCH3 is 1. The topological polar surface area (TPSA) is 15.7 Å². The standard InChI is InChI=1S/C52H48N2O/c1-37-15-33-49(40(4)35-37)53(48-12-8-7-11-39(48)3)46-29-25-44(26-30-46)23-21-42-17-19-43(20-18-42)22-24-45-27-31-47(32-28-45)54(50-34-16-38(2)36-41(50)5)51-13-9-10-14-52(51)55-6/h7-36H,1-6H3. The minimum absolute atomic E-state index is 0.830. The van der Waals surface area contributed by atoms with Crippen LogP contribution in [0.25, 0.3) is 24.3 Å². The monoisotopic (exact) mass is 716 g/mol. The van der Waals surface area contributed by atoms with Crippen LogP contribution in [0.5, 0.6) is 5.75 Å². The minimum atomic E-state index is 0.830. The van der Waals surface area contributed by atoms with Gasteiger partial charge in [-0.05, 0) is 128 Å². The quantitative estimate of drug-likeness (QED) is 0.124. The fraction of sp³-hybridized carbons (Fsp3) is 0.115. The summed E-state index contributed by atoms with van der Waals surface area (Å²) in [5.41, 5.74) is 17.5. The smallest absolute Gasteiger partial charge is 0.142 e. The molecule has 55 heavy (non-hydrogen) atoms. The molecule has 7 aromatic carbocycles. The summed E-state index contributed by atoms with van der Waals surface area (Å²) in [5, 5.41) is 0. The van der Waals surface area contributed by atoms with Gasteiger partial charge in [0.05, 0.1) is 12.8 Å². The van der Waals surface area contributed by atoms with Crippen molar-refractivity contribution in [3.05, 3.63) is 208 Å². The molecule has 0 amide bonds. The molecule has 0 saturated heterocycles. The Balaban J connectivity index is 1.05. The van der Waals surface area contributed by atoms with Gasteiger partial charge in [-0.2, -0.15) is 0 Å². The second kappa shape index (κ2) is 16.6. The van der Waals surface area contributed by atoms with Crippen LogP contribution in [0.15, 0.2) is 158 Å². The Bertz CT molecular complexity index is 2460. The highest BCUT2D eigenvalue weighted by Gasteiger charge is 2.19. The van der Waals surface area contributed by atoms with E-state index in [0.29, 0.717) is 0 Å². The second-order valence-corrected chi connectivity index (χ2v) is 14.2. The number of ether oxygens (including phenoxy) is 1. The lowest BCUT2D eigenvalue weighted by molar-refractivity contribution is 0.416. The van der Waals surface area contributed by atoms with E-state index < -0.39 is 0 Å². The average molecular weight is 717 g/mol. The molecule has 0 aromatic heterocycles. The molecule has 0 spiro atoms. The zero-order chi connectivity index (χ0) is 38.3. The van der Waals surface area contributed by atoms with E-state index in [1.165, 1.54) is 39.2 Å². The van der Waals surface area contributed by atoms with E-state index in [-0.39, 0.29) is 0 Å². The molecule has 0 aliphatic rings. The number of hydrogen-bond acceptors (Lipinski definition) is 3. The van der Waals surface area contributed by atoms with Gasteiger partial charge in [-0.1, -0.05) is 139 Å². The molecule has 0 heterocycles. The van der Waals surface area contributed by atoms with Crippen LogP contribution in [0, 0.1) is 34.6 Å². The molecule has 3 nitrogen and oxygen atoms in total. The number of hydrogen-bond donors (Lipinski definition) is 0. The zero-order valence-electron chi connectivity index (χ0n) is 32.6. The van der Waals surface area contributed by atoms with Crippen molar-refractivity contribution in [3.63, 3.8) is 0 Å². The molecule has 0 unspecified atom stereocenters. The molecule has 0 bridgehead atoms. The zero-order valence-corrected chi connectivity index (χ0v) is 32.6. The Morgan fingerprint density at radius 3 is 1.15 bits per heavy atom. The predicted octanol–water partition coefficient (Wildman–Crippen LogP) is 14.5. The highest BCUT2D eigenvalue weighted by atomic mass is 16.5. The Morgan fingerprint density at radius 1 is 0.364 bits per heavy atom. The van der Waals surface area contributed by atoms with E-state index in [4.69, 9.17) is 4.74 Å². The molecule has 0 radical (unpaired) electrons. The summed E-state index contributed by atoms with van der Waals surface area (Å²) in [7, 11) is 1.72. The van der Waals surface area contributed by atoms with Gasteiger partial charge in [0.15, 0.2) is 0 Å². The van der Waals surface area contributed by atoms with Crippen LogP contribution in [0.1, 0.15) is 50.1 Å². The molecule has 0 saturated carbocycles. The third kappa shape index (κ3) is 8.48. The van der Waals surface area contributed by atoms with Crippen molar-refractivity contribution in [2.24, 2.45) is 0 Å². The number of benzene rings is 7. The van der Waals surface area contributed by atoms with Crippen molar-refractivity contribution < 1.29 is 4.74 Å². The molecule has 7 aromatic rings. The van der Waals surface area contributed by atoms with Gasteiger partial charge in [-0.3, -0.25) is 0 Å². The molecule has 0 aliphatic heterocycles. The summed E-state index contributed by atoms with van der Waals surface area (Å²) in [6.07, 6.45) is 8.68. The Labute approximate surface area is 327 Å². The Hall–Kier alpha value is -6.58. The predicted molar refractivity (Wildman–Crippen MR) is 237 cm³/mol. The van der Waals surface area contributed by atoms with Gasteiger partial charge in [0, 0.05) is 28.4 Å². The maximum atomic E-state index is 5.78. The average Bonchev–Trinajstić information content (AvgIpc) is 3.20. The van der Waals surface area contributed by atoms with Crippen LogP contribution in [0.4, 0.5) is 34.1 Å². The lowest BCUT2D eigenvalue weighted by atomic mass is 10.0.